The van der Waals surface area contributed by atoms with Crippen LogP contribution in [0.3, 0.4) is 0 Å². The molecule has 0 radical (unpaired) electrons. The Morgan fingerprint density at radius 1 is 1.20 bits per heavy atom. The lowest BCUT2D eigenvalue weighted by Gasteiger charge is -2.18. The topological polar surface area (TPSA) is 141 Å². The third kappa shape index (κ3) is 7.29. The number of unbranched alkanes of at least 4 members (excludes halogenated alkanes) is 1. The van der Waals surface area contributed by atoms with Crippen molar-refractivity contribution in [2.24, 2.45) is 4.99 Å². The van der Waals surface area contributed by atoms with Gasteiger partial charge in [0.25, 0.3) is 11.6 Å². The standard InChI is InChI=1S/C24H32N4O7/c1-7-9-10-25-21(14(3)4)23(29)26-22(15(5)8-2)27-24(30)35-16(6)17-11-19-20(34-13-33-19)12-18(17)28(31)32/h10-12,16H,7-9,13H2,1-6H3,(H,26,29)(H,27,30). The SMILES string of the molecule is CCCC=NC(C(=O)NC(NC(=O)OC(C)c1cc2c(cc1[N+](=O)[O-])OCO2)=C(C)CC)=C(C)C. The van der Waals surface area contributed by atoms with Gasteiger partial charge in [-0.1, -0.05) is 20.3 Å². The zero-order chi connectivity index (χ0) is 26.1. The molecule has 0 aliphatic carbocycles. The molecule has 1 aromatic carbocycles. The predicted octanol–water partition coefficient (Wildman–Crippen LogP) is 5.03. The highest BCUT2D eigenvalue weighted by Crippen LogP contribution is 2.40. The van der Waals surface area contributed by atoms with Gasteiger partial charge in [-0.25, -0.2) is 4.79 Å². The number of amides is 2. The van der Waals surface area contributed by atoms with E-state index in [9.17, 15) is 19.7 Å². The quantitative estimate of drug-likeness (QED) is 0.203. The lowest BCUT2D eigenvalue weighted by Crippen LogP contribution is -2.37. The van der Waals surface area contributed by atoms with Gasteiger partial charge in [0.1, 0.15) is 17.6 Å². The van der Waals surface area contributed by atoms with Gasteiger partial charge >= 0.3 is 6.09 Å². The summed E-state index contributed by atoms with van der Waals surface area (Å²) in [5.41, 5.74) is 1.55. The normalized spacial score (nSPS) is 13.7. The van der Waals surface area contributed by atoms with Crippen LogP contribution in [0, 0.1) is 10.1 Å². The number of benzene rings is 1. The molecule has 1 aliphatic rings. The van der Waals surface area contributed by atoms with Crippen molar-refractivity contribution in [3.63, 3.8) is 0 Å². The smallest absolute Gasteiger partial charge is 0.413 e. The van der Waals surface area contributed by atoms with Crippen LogP contribution < -0.4 is 20.1 Å². The molecule has 2 N–H and O–H groups in total. The second kappa shape index (κ2) is 12.5. The van der Waals surface area contributed by atoms with Gasteiger partial charge in [-0.05, 0) is 57.7 Å². The average molecular weight is 489 g/mol. The van der Waals surface area contributed by atoms with Gasteiger partial charge in [-0.2, -0.15) is 0 Å². The minimum absolute atomic E-state index is 0.0496. The molecule has 1 aliphatic heterocycles. The van der Waals surface area contributed by atoms with E-state index in [0.717, 1.165) is 18.4 Å². The zero-order valence-electron chi connectivity index (χ0n) is 20.9. The first-order chi connectivity index (χ1) is 16.6. The third-order valence-corrected chi connectivity index (χ3v) is 5.19. The third-order valence-electron chi connectivity index (χ3n) is 5.19. The molecular formula is C24H32N4O7. The summed E-state index contributed by atoms with van der Waals surface area (Å²) in [7, 11) is 0. The summed E-state index contributed by atoms with van der Waals surface area (Å²) in [5.74, 6) is 0.272. The van der Waals surface area contributed by atoms with Crippen LogP contribution in [0.25, 0.3) is 0 Å². The van der Waals surface area contributed by atoms with Crippen molar-refractivity contribution in [3.8, 4) is 11.5 Å². The van der Waals surface area contributed by atoms with Crippen molar-refractivity contribution < 1.29 is 28.7 Å². The van der Waals surface area contributed by atoms with Crippen LogP contribution in [0.15, 0.2) is 39.8 Å². The summed E-state index contributed by atoms with van der Waals surface area (Å²) < 4.78 is 15.9. The molecule has 190 valence electrons. The van der Waals surface area contributed by atoms with Gasteiger partial charge in [0.05, 0.1) is 16.6 Å². The molecule has 35 heavy (non-hydrogen) atoms. The monoisotopic (exact) mass is 488 g/mol. The van der Waals surface area contributed by atoms with Crippen molar-refractivity contribution in [2.45, 2.75) is 66.9 Å². The number of hydrogen-bond acceptors (Lipinski definition) is 8. The Hall–Kier alpha value is -3.89. The van der Waals surface area contributed by atoms with Crippen LogP contribution in [0.1, 0.15) is 72.5 Å². The molecular weight excluding hydrogens is 456 g/mol. The Morgan fingerprint density at radius 2 is 1.86 bits per heavy atom. The molecule has 1 unspecified atom stereocenters. The van der Waals surface area contributed by atoms with Gasteiger partial charge in [0.2, 0.25) is 6.79 Å². The number of carbonyl (C=O) groups is 2. The summed E-state index contributed by atoms with van der Waals surface area (Å²) in [6, 6.07) is 2.66. The van der Waals surface area contributed by atoms with Crippen LogP contribution in [-0.2, 0) is 9.53 Å². The molecule has 0 aromatic heterocycles. The highest BCUT2D eigenvalue weighted by Gasteiger charge is 2.28. The molecule has 1 atom stereocenters. The number of allylic oxidation sites excluding steroid dienone is 2. The van der Waals surface area contributed by atoms with E-state index in [4.69, 9.17) is 14.2 Å². The molecule has 0 saturated heterocycles. The first-order valence-electron chi connectivity index (χ1n) is 11.4. The van der Waals surface area contributed by atoms with Gasteiger partial charge < -0.3 is 19.5 Å². The molecule has 0 bridgehead atoms. The molecule has 1 heterocycles. The van der Waals surface area contributed by atoms with Crippen molar-refractivity contribution in [1.82, 2.24) is 10.6 Å². The predicted molar refractivity (Wildman–Crippen MR) is 130 cm³/mol. The minimum atomic E-state index is -0.990. The van der Waals surface area contributed by atoms with Gasteiger partial charge in [0.15, 0.2) is 11.5 Å². The Balaban J connectivity index is 2.19. The van der Waals surface area contributed by atoms with E-state index >= 15 is 0 Å². The fraction of sp³-hybridized carbons (Fsp3) is 0.458. The summed E-state index contributed by atoms with van der Waals surface area (Å²) in [6.45, 7) is 10.6. The summed E-state index contributed by atoms with van der Waals surface area (Å²) in [5, 5.41) is 16.8. The number of nitro groups is 1. The molecule has 2 rings (SSSR count). The number of fused-ring (bicyclic) bond motifs is 1. The van der Waals surface area contributed by atoms with E-state index in [1.165, 1.54) is 19.1 Å². The van der Waals surface area contributed by atoms with Crippen LogP contribution >= 0.6 is 0 Å². The highest BCUT2D eigenvalue weighted by atomic mass is 16.7. The number of rotatable bonds is 10. The van der Waals surface area contributed by atoms with Crippen molar-refractivity contribution in [2.75, 3.05) is 6.79 Å². The number of ether oxygens (including phenoxy) is 3. The molecule has 0 fully saturated rings. The lowest BCUT2D eigenvalue weighted by atomic mass is 10.1. The van der Waals surface area contributed by atoms with E-state index < -0.39 is 23.0 Å². The Labute approximate surface area is 204 Å². The summed E-state index contributed by atoms with van der Waals surface area (Å²) in [6.07, 6.45) is 1.97. The van der Waals surface area contributed by atoms with Gasteiger partial charge in [-0.3, -0.25) is 25.2 Å². The molecule has 11 nitrogen and oxygen atoms in total. The molecule has 0 spiro atoms. The van der Waals surface area contributed by atoms with Crippen molar-refractivity contribution in [1.29, 1.82) is 0 Å². The van der Waals surface area contributed by atoms with Crippen LogP contribution in [0.5, 0.6) is 11.5 Å². The van der Waals surface area contributed by atoms with Crippen LogP contribution in [-0.4, -0.2) is 29.9 Å². The Bertz CT molecular complexity index is 1070. The number of nitrogens with zero attached hydrogens (tertiary/aromatic N) is 2. The fourth-order valence-electron chi connectivity index (χ4n) is 3.08. The fourth-order valence-corrected chi connectivity index (χ4v) is 3.08. The second-order valence-electron chi connectivity index (χ2n) is 8.11. The maximum absolute atomic E-state index is 12.9. The number of nitrogens with one attached hydrogen (secondary N) is 2. The molecule has 1 aromatic rings. The lowest BCUT2D eigenvalue weighted by molar-refractivity contribution is -0.386. The second-order valence-corrected chi connectivity index (χ2v) is 8.11. The number of nitro benzene ring substituents is 1. The van der Waals surface area contributed by atoms with E-state index in [2.05, 4.69) is 15.6 Å². The summed E-state index contributed by atoms with van der Waals surface area (Å²) >= 11 is 0. The number of alkyl carbamates (subject to hydrolysis) is 1. The summed E-state index contributed by atoms with van der Waals surface area (Å²) in [4.78, 5) is 40.8. The Morgan fingerprint density at radius 3 is 2.43 bits per heavy atom. The maximum Gasteiger partial charge on any atom is 0.413 e. The Kier molecular flexibility index (Phi) is 9.80. The molecule has 0 saturated carbocycles. The first-order valence-corrected chi connectivity index (χ1v) is 11.4. The number of hydrogen-bond donors (Lipinski definition) is 2. The van der Waals surface area contributed by atoms with E-state index in [1.54, 1.807) is 27.0 Å². The van der Waals surface area contributed by atoms with Crippen LogP contribution in [0.2, 0.25) is 0 Å². The number of aliphatic imine (C=N–C) groups is 1. The largest absolute Gasteiger partial charge is 0.454 e. The van der Waals surface area contributed by atoms with Crippen molar-refractivity contribution in [3.05, 3.63) is 50.5 Å². The minimum Gasteiger partial charge on any atom is -0.454 e. The maximum atomic E-state index is 12.9. The van der Waals surface area contributed by atoms with Crippen molar-refractivity contribution >= 4 is 23.9 Å². The van der Waals surface area contributed by atoms with E-state index in [1.807, 2.05) is 13.8 Å². The van der Waals surface area contributed by atoms with Gasteiger partial charge in [-0.15, -0.1) is 0 Å². The average Bonchev–Trinajstić information content (AvgIpc) is 3.27. The van der Waals surface area contributed by atoms with E-state index in [0.29, 0.717) is 17.7 Å². The highest BCUT2D eigenvalue weighted by molar-refractivity contribution is 5.96. The van der Waals surface area contributed by atoms with Gasteiger partial charge in [0, 0.05) is 6.21 Å². The number of carbonyl (C=O) groups excluding carboxylic acids is 2. The molecule has 11 heteroatoms. The van der Waals surface area contributed by atoms with Crippen LogP contribution in [0.4, 0.5) is 10.5 Å². The molecule has 2 amide bonds. The first kappa shape index (κ1) is 27.4. The zero-order valence-corrected chi connectivity index (χ0v) is 20.9. The van der Waals surface area contributed by atoms with E-state index in [-0.39, 0.29) is 35.3 Å².